The normalized spacial score (nSPS) is 21.0. The third kappa shape index (κ3) is 24.3. The molecule has 11 heteroatoms. The van der Waals surface area contributed by atoms with Gasteiger partial charge in [0.25, 0.3) is 0 Å². The molecule has 1 heterocycles. The third-order valence-electron chi connectivity index (χ3n) is 9.61. The largest absolute Gasteiger partial charge is 0.479 e. The van der Waals surface area contributed by atoms with E-state index < -0.39 is 54.7 Å². The van der Waals surface area contributed by atoms with Gasteiger partial charge in [-0.25, -0.2) is 4.79 Å². The zero-order valence-corrected chi connectivity index (χ0v) is 32.6. The average Bonchev–Trinajstić information content (AvgIpc) is 3.12. The van der Waals surface area contributed by atoms with E-state index in [1.54, 1.807) is 0 Å². The summed E-state index contributed by atoms with van der Waals surface area (Å²) in [6, 6.07) is 0. The monoisotopic (exact) mass is 743 g/mol. The second-order valence-corrected chi connectivity index (χ2v) is 14.5. The first-order valence-corrected chi connectivity index (χ1v) is 20.7. The van der Waals surface area contributed by atoms with E-state index in [0.717, 1.165) is 57.8 Å². The minimum Gasteiger partial charge on any atom is -0.479 e. The molecule has 11 nitrogen and oxygen atoms in total. The Morgan fingerprint density at radius 2 is 1.02 bits per heavy atom. The summed E-state index contributed by atoms with van der Waals surface area (Å²) >= 11 is 0. The Bertz CT molecular complexity index is 926. The summed E-state index contributed by atoms with van der Waals surface area (Å²) in [4.78, 5) is 36.7. The lowest BCUT2D eigenvalue weighted by atomic mass is 9.99. The van der Waals surface area contributed by atoms with Crippen LogP contribution in [0.3, 0.4) is 0 Å². The van der Waals surface area contributed by atoms with Crippen molar-refractivity contribution < 1.29 is 53.8 Å². The van der Waals surface area contributed by atoms with Crippen molar-refractivity contribution in [2.24, 2.45) is 0 Å². The standard InChI is InChI=1S/C41H74O11/c1-3-5-7-9-11-13-15-17-18-20-21-23-25-27-29-34(42)49-31-33(32-50-41-38(46)36(44)37(45)39(52-41)40(47)48)51-35(43)30-28-26-24-22-19-16-14-12-10-8-6-4-2/h15,17,33,36-39,41,44-46H,3-14,16,18-32H2,1-2H3,(H,47,48)/b17-15-. The Morgan fingerprint density at radius 1 is 0.577 bits per heavy atom. The van der Waals surface area contributed by atoms with E-state index in [0.29, 0.717) is 12.8 Å². The Labute approximate surface area is 314 Å². The summed E-state index contributed by atoms with van der Waals surface area (Å²) in [5.74, 6) is -2.45. The summed E-state index contributed by atoms with van der Waals surface area (Å²) in [6.45, 7) is 3.78. The van der Waals surface area contributed by atoms with Crippen LogP contribution in [0.5, 0.6) is 0 Å². The Hall–Kier alpha value is -2.05. The van der Waals surface area contributed by atoms with Gasteiger partial charge in [-0.3, -0.25) is 9.59 Å². The van der Waals surface area contributed by atoms with Gasteiger partial charge in [0.05, 0.1) is 6.61 Å². The molecular formula is C41H74O11. The molecule has 0 aromatic carbocycles. The first-order chi connectivity index (χ1) is 25.2. The zero-order valence-electron chi connectivity index (χ0n) is 32.6. The highest BCUT2D eigenvalue weighted by Gasteiger charge is 2.47. The maximum Gasteiger partial charge on any atom is 0.335 e. The van der Waals surface area contributed by atoms with Crippen LogP contribution in [0.2, 0.25) is 0 Å². The number of carbonyl (C=O) groups excluding carboxylic acids is 2. The zero-order chi connectivity index (χ0) is 38.2. The smallest absolute Gasteiger partial charge is 0.335 e. The SMILES string of the molecule is CCCCCCC/C=C\CCCCCCCC(=O)OCC(COC1OC(C(=O)O)C(O)C(O)C1O)OC(=O)CCCCCCCCCCCCCC. The molecule has 0 aromatic rings. The van der Waals surface area contributed by atoms with Gasteiger partial charge in [-0.1, -0.05) is 142 Å². The number of aliphatic hydroxyl groups is 3. The van der Waals surface area contributed by atoms with Crippen LogP contribution in [-0.4, -0.2) is 88.4 Å². The van der Waals surface area contributed by atoms with Crippen LogP contribution in [-0.2, 0) is 33.3 Å². The van der Waals surface area contributed by atoms with Gasteiger partial charge in [0.1, 0.15) is 24.9 Å². The van der Waals surface area contributed by atoms with Gasteiger partial charge in [-0.05, 0) is 38.5 Å². The molecule has 1 aliphatic rings. The number of carboxylic acid groups (broad SMARTS) is 1. The second-order valence-electron chi connectivity index (χ2n) is 14.5. The van der Waals surface area contributed by atoms with Crippen LogP contribution in [0.15, 0.2) is 12.2 Å². The number of aliphatic carboxylic acids is 1. The molecule has 1 rings (SSSR count). The summed E-state index contributed by atoms with van der Waals surface area (Å²) < 4.78 is 21.7. The molecule has 6 atom stereocenters. The topological polar surface area (TPSA) is 169 Å². The van der Waals surface area contributed by atoms with E-state index in [1.165, 1.54) is 83.5 Å². The first-order valence-electron chi connectivity index (χ1n) is 20.7. The van der Waals surface area contributed by atoms with E-state index >= 15 is 0 Å². The number of esters is 2. The molecule has 1 saturated heterocycles. The van der Waals surface area contributed by atoms with Gasteiger partial charge in [0.2, 0.25) is 0 Å². The van der Waals surface area contributed by atoms with Crippen molar-refractivity contribution in [3.63, 3.8) is 0 Å². The predicted molar refractivity (Wildman–Crippen MR) is 202 cm³/mol. The average molecular weight is 743 g/mol. The van der Waals surface area contributed by atoms with Crippen molar-refractivity contribution in [2.45, 2.75) is 218 Å². The lowest BCUT2D eigenvalue weighted by molar-refractivity contribution is -0.298. The van der Waals surface area contributed by atoms with Gasteiger partial charge in [0, 0.05) is 12.8 Å². The number of allylic oxidation sites excluding steroid dienone is 2. The number of rotatable bonds is 34. The summed E-state index contributed by atoms with van der Waals surface area (Å²) in [5, 5.41) is 39.7. The Kier molecular flexibility index (Phi) is 29.9. The maximum absolute atomic E-state index is 12.7. The Balaban J connectivity index is 2.41. The molecule has 0 saturated carbocycles. The van der Waals surface area contributed by atoms with E-state index in [9.17, 15) is 34.8 Å². The van der Waals surface area contributed by atoms with E-state index in [-0.39, 0.29) is 26.1 Å². The van der Waals surface area contributed by atoms with Gasteiger partial charge in [-0.15, -0.1) is 0 Å². The number of hydrogen-bond donors (Lipinski definition) is 4. The molecule has 1 aliphatic heterocycles. The molecule has 0 amide bonds. The maximum atomic E-state index is 12.7. The fraction of sp³-hybridized carbons (Fsp3) is 0.878. The van der Waals surface area contributed by atoms with Crippen molar-refractivity contribution in [3.8, 4) is 0 Å². The van der Waals surface area contributed by atoms with Crippen LogP contribution in [0.1, 0.15) is 181 Å². The minimum atomic E-state index is -1.86. The molecule has 304 valence electrons. The highest BCUT2D eigenvalue weighted by atomic mass is 16.7. The van der Waals surface area contributed by atoms with Gasteiger partial charge in [0.15, 0.2) is 18.5 Å². The van der Waals surface area contributed by atoms with Crippen LogP contribution in [0.4, 0.5) is 0 Å². The van der Waals surface area contributed by atoms with Crippen LogP contribution in [0.25, 0.3) is 0 Å². The van der Waals surface area contributed by atoms with Gasteiger partial charge in [-0.2, -0.15) is 0 Å². The van der Waals surface area contributed by atoms with Crippen LogP contribution in [0, 0.1) is 0 Å². The van der Waals surface area contributed by atoms with E-state index in [1.807, 2.05) is 0 Å². The number of aliphatic hydroxyl groups excluding tert-OH is 3. The number of hydrogen-bond acceptors (Lipinski definition) is 10. The van der Waals surface area contributed by atoms with Crippen LogP contribution >= 0.6 is 0 Å². The molecule has 1 fully saturated rings. The molecule has 0 spiro atoms. The fourth-order valence-corrected chi connectivity index (χ4v) is 6.28. The van der Waals surface area contributed by atoms with E-state index in [2.05, 4.69) is 26.0 Å². The van der Waals surface area contributed by atoms with Gasteiger partial charge < -0.3 is 39.4 Å². The first kappa shape index (κ1) is 48.0. The number of carboxylic acids is 1. The molecular weight excluding hydrogens is 668 g/mol. The van der Waals surface area contributed by atoms with Crippen molar-refractivity contribution in [1.29, 1.82) is 0 Å². The molecule has 4 N–H and O–H groups in total. The lowest BCUT2D eigenvalue weighted by Gasteiger charge is -2.38. The Morgan fingerprint density at radius 3 is 1.50 bits per heavy atom. The predicted octanol–water partition coefficient (Wildman–Crippen LogP) is 8.09. The lowest BCUT2D eigenvalue weighted by Crippen LogP contribution is -2.60. The molecule has 0 radical (unpaired) electrons. The number of ether oxygens (including phenoxy) is 4. The van der Waals surface area contributed by atoms with Crippen molar-refractivity contribution >= 4 is 17.9 Å². The van der Waals surface area contributed by atoms with Crippen molar-refractivity contribution in [2.75, 3.05) is 13.2 Å². The summed E-state index contributed by atoms with van der Waals surface area (Å²) in [6.07, 6.45) is 22.7. The quantitative estimate of drug-likeness (QED) is 0.0286. The number of carbonyl (C=O) groups is 3. The van der Waals surface area contributed by atoms with E-state index in [4.69, 9.17) is 18.9 Å². The molecule has 0 bridgehead atoms. The van der Waals surface area contributed by atoms with Crippen molar-refractivity contribution in [3.05, 3.63) is 12.2 Å². The van der Waals surface area contributed by atoms with Gasteiger partial charge >= 0.3 is 17.9 Å². The minimum absolute atomic E-state index is 0.186. The fourth-order valence-electron chi connectivity index (χ4n) is 6.28. The number of unbranched alkanes of at least 4 members (excludes halogenated alkanes) is 21. The summed E-state index contributed by atoms with van der Waals surface area (Å²) in [5.41, 5.74) is 0. The molecule has 0 aliphatic carbocycles. The van der Waals surface area contributed by atoms with Crippen LogP contribution < -0.4 is 0 Å². The third-order valence-corrected chi connectivity index (χ3v) is 9.61. The molecule has 0 aromatic heterocycles. The highest BCUT2D eigenvalue weighted by molar-refractivity contribution is 5.73. The second kappa shape index (κ2) is 32.4. The molecule has 6 unspecified atom stereocenters. The van der Waals surface area contributed by atoms with Crippen molar-refractivity contribution in [1.82, 2.24) is 0 Å². The summed E-state index contributed by atoms with van der Waals surface area (Å²) in [7, 11) is 0. The molecule has 52 heavy (non-hydrogen) atoms. The highest BCUT2D eigenvalue weighted by Crippen LogP contribution is 2.23.